The van der Waals surface area contributed by atoms with Crippen LogP contribution in [-0.4, -0.2) is 40.1 Å². The van der Waals surface area contributed by atoms with Crippen molar-refractivity contribution in [1.82, 2.24) is 5.06 Å². The zero-order valence-electron chi connectivity index (χ0n) is 15.1. The van der Waals surface area contributed by atoms with Crippen LogP contribution in [0.2, 0.25) is 0 Å². The first-order valence-corrected chi connectivity index (χ1v) is 8.60. The van der Waals surface area contributed by atoms with Crippen LogP contribution in [-0.2, 0) is 19.1 Å². The third kappa shape index (κ3) is 4.04. The number of rotatable bonds is 7. The van der Waals surface area contributed by atoms with Gasteiger partial charge in [-0.15, -0.1) is 0 Å². The number of hydroxylamine groups is 2. The molecule has 1 rings (SSSR count). The second-order valence-electron chi connectivity index (χ2n) is 6.50. The Morgan fingerprint density at radius 2 is 1.43 bits per heavy atom. The SMILES string of the molecule is CCC1(CC)CC(C(=O)OCOC(C)=O)CC(CC)(CC)N1O. The predicted molar refractivity (Wildman–Crippen MR) is 85.7 cm³/mol. The quantitative estimate of drug-likeness (QED) is 0.570. The summed E-state index contributed by atoms with van der Waals surface area (Å²) in [7, 11) is 0. The molecule has 0 amide bonds. The number of hydrogen-bond acceptors (Lipinski definition) is 6. The van der Waals surface area contributed by atoms with Gasteiger partial charge >= 0.3 is 11.9 Å². The lowest BCUT2D eigenvalue weighted by Crippen LogP contribution is -2.64. The molecule has 1 aliphatic rings. The Morgan fingerprint density at radius 1 is 1.00 bits per heavy atom. The topological polar surface area (TPSA) is 76.1 Å². The van der Waals surface area contributed by atoms with Gasteiger partial charge in [0.05, 0.1) is 5.92 Å². The van der Waals surface area contributed by atoms with Gasteiger partial charge in [0, 0.05) is 18.0 Å². The van der Waals surface area contributed by atoms with Crippen LogP contribution in [0.5, 0.6) is 0 Å². The normalized spacial score (nSPS) is 21.0. The van der Waals surface area contributed by atoms with Gasteiger partial charge in [-0.25, -0.2) is 0 Å². The van der Waals surface area contributed by atoms with Crippen molar-refractivity contribution in [3.05, 3.63) is 0 Å². The average Bonchev–Trinajstić information content (AvgIpc) is 2.55. The van der Waals surface area contributed by atoms with Crippen LogP contribution in [0.1, 0.15) is 73.1 Å². The van der Waals surface area contributed by atoms with Crippen LogP contribution in [0.15, 0.2) is 0 Å². The molecule has 0 aromatic rings. The fourth-order valence-electron chi connectivity index (χ4n) is 3.80. The van der Waals surface area contributed by atoms with E-state index in [4.69, 9.17) is 9.47 Å². The molecule has 0 spiro atoms. The maximum Gasteiger partial charge on any atom is 0.311 e. The van der Waals surface area contributed by atoms with Gasteiger partial charge in [-0.1, -0.05) is 27.7 Å². The largest absolute Gasteiger partial charge is 0.428 e. The highest BCUT2D eigenvalue weighted by molar-refractivity contribution is 5.73. The molecule has 0 unspecified atom stereocenters. The summed E-state index contributed by atoms with van der Waals surface area (Å²) in [5, 5.41) is 12.4. The number of hydrogen-bond donors (Lipinski definition) is 1. The van der Waals surface area contributed by atoms with Crippen LogP contribution >= 0.6 is 0 Å². The molecule has 0 aromatic heterocycles. The highest BCUT2D eigenvalue weighted by atomic mass is 16.7. The standard InChI is InChI=1S/C17H31NO5/c1-6-16(7-2)10-14(15(20)23-12-22-13(5)19)11-17(8-3,9-4)18(16)21/h14,21H,6-12H2,1-5H3. The molecule has 0 atom stereocenters. The number of carbonyl (C=O) groups is 2. The summed E-state index contributed by atoms with van der Waals surface area (Å²) in [5.41, 5.74) is -0.842. The summed E-state index contributed by atoms with van der Waals surface area (Å²) in [4.78, 5) is 23.2. The highest BCUT2D eigenvalue weighted by Crippen LogP contribution is 2.47. The molecular weight excluding hydrogens is 298 g/mol. The van der Waals surface area contributed by atoms with Crippen molar-refractivity contribution in [3.63, 3.8) is 0 Å². The van der Waals surface area contributed by atoms with Crippen LogP contribution < -0.4 is 0 Å². The van der Waals surface area contributed by atoms with Gasteiger partial charge in [0.15, 0.2) is 0 Å². The Morgan fingerprint density at radius 3 is 1.78 bits per heavy atom. The van der Waals surface area contributed by atoms with Crippen molar-refractivity contribution >= 4 is 11.9 Å². The highest BCUT2D eigenvalue weighted by Gasteiger charge is 2.53. The van der Waals surface area contributed by atoms with Gasteiger partial charge in [-0.3, -0.25) is 9.59 Å². The fraction of sp³-hybridized carbons (Fsp3) is 0.882. The molecule has 23 heavy (non-hydrogen) atoms. The molecule has 6 heteroatoms. The Hall–Kier alpha value is -1.14. The molecule has 0 radical (unpaired) electrons. The maximum atomic E-state index is 12.4. The first-order valence-electron chi connectivity index (χ1n) is 8.60. The van der Waals surface area contributed by atoms with Crippen molar-refractivity contribution < 1.29 is 24.3 Å². The number of ether oxygens (including phenoxy) is 2. The number of carbonyl (C=O) groups excluding carboxylic acids is 2. The number of piperidine rings is 1. The molecule has 0 bridgehead atoms. The first-order chi connectivity index (χ1) is 10.8. The minimum absolute atomic E-state index is 0.297. The van der Waals surface area contributed by atoms with Crippen molar-refractivity contribution in [2.75, 3.05) is 6.79 Å². The minimum Gasteiger partial charge on any atom is -0.428 e. The van der Waals surface area contributed by atoms with E-state index in [0.717, 1.165) is 25.7 Å². The lowest BCUT2D eigenvalue weighted by molar-refractivity contribution is -0.276. The van der Waals surface area contributed by atoms with Gasteiger partial charge in [-0.2, -0.15) is 5.06 Å². The maximum absolute atomic E-state index is 12.4. The van der Waals surface area contributed by atoms with E-state index >= 15 is 0 Å². The van der Waals surface area contributed by atoms with E-state index in [1.54, 1.807) is 0 Å². The van der Waals surface area contributed by atoms with E-state index < -0.39 is 17.0 Å². The Kier molecular flexibility index (Phi) is 7.02. The Bertz CT molecular complexity index is 393. The fourth-order valence-corrected chi connectivity index (χ4v) is 3.80. The molecule has 0 aliphatic carbocycles. The summed E-state index contributed by atoms with van der Waals surface area (Å²) in [5.74, 6) is -1.12. The van der Waals surface area contributed by atoms with Gasteiger partial charge in [0.1, 0.15) is 0 Å². The van der Waals surface area contributed by atoms with Crippen molar-refractivity contribution in [3.8, 4) is 0 Å². The summed E-state index contributed by atoms with van der Waals surface area (Å²) in [6, 6.07) is 0. The van der Waals surface area contributed by atoms with E-state index in [9.17, 15) is 14.8 Å². The van der Waals surface area contributed by atoms with Crippen molar-refractivity contribution in [1.29, 1.82) is 0 Å². The number of esters is 2. The molecular formula is C17H31NO5. The molecule has 1 fully saturated rings. The van der Waals surface area contributed by atoms with E-state index in [1.165, 1.54) is 12.0 Å². The van der Waals surface area contributed by atoms with Crippen molar-refractivity contribution in [2.24, 2.45) is 5.92 Å². The monoisotopic (exact) mass is 329 g/mol. The van der Waals surface area contributed by atoms with Gasteiger partial charge in [0.25, 0.3) is 0 Å². The third-order valence-corrected chi connectivity index (χ3v) is 5.58. The molecule has 0 saturated carbocycles. The van der Waals surface area contributed by atoms with E-state index in [2.05, 4.69) is 0 Å². The third-order valence-electron chi connectivity index (χ3n) is 5.58. The Labute approximate surface area is 139 Å². The zero-order chi connectivity index (χ0) is 17.7. The van der Waals surface area contributed by atoms with Gasteiger partial charge < -0.3 is 14.7 Å². The Balaban J connectivity index is 2.96. The van der Waals surface area contributed by atoms with Gasteiger partial charge in [-0.05, 0) is 38.5 Å². The van der Waals surface area contributed by atoms with Crippen LogP contribution in [0.4, 0.5) is 0 Å². The summed E-state index contributed by atoms with van der Waals surface area (Å²) >= 11 is 0. The van der Waals surface area contributed by atoms with Gasteiger partial charge in [0.2, 0.25) is 6.79 Å². The molecule has 1 heterocycles. The average molecular weight is 329 g/mol. The molecule has 1 N–H and O–H groups in total. The summed E-state index contributed by atoms with van der Waals surface area (Å²) in [6.07, 6.45) is 4.14. The first kappa shape index (κ1) is 19.9. The van der Waals surface area contributed by atoms with E-state index in [0.29, 0.717) is 12.8 Å². The second kappa shape index (κ2) is 8.11. The van der Waals surface area contributed by atoms with E-state index in [1.807, 2.05) is 27.7 Å². The summed E-state index contributed by atoms with van der Waals surface area (Å²) in [6.45, 7) is 9.08. The van der Waals surface area contributed by atoms with Crippen LogP contribution in [0, 0.1) is 5.92 Å². The molecule has 1 saturated heterocycles. The van der Waals surface area contributed by atoms with E-state index in [-0.39, 0.29) is 18.7 Å². The molecule has 1 aliphatic heterocycles. The molecule has 0 aromatic carbocycles. The smallest absolute Gasteiger partial charge is 0.311 e. The molecule has 6 nitrogen and oxygen atoms in total. The summed E-state index contributed by atoms with van der Waals surface area (Å²) < 4.78 is 9.80. The zero-order valence-corrected chi connectivity index (χ0v) is 15.1. The van der Waals surface area contributed by atoms with Crippen LogP contribution in [0.25, 0.3) is 0 Å². The molecule has 134 valence electrons. The lowest BCUT2D eigenvalue weighted by Gasteiger charge is -2.56. The second-order valence-corrected chi connectivity index (χ2v) is 6.50. The lowest BCUT2D eigenvalue weighted by atomic mass is 9.68. The minimum atomic E-state index is -0.476. The number of nitrogens with zero attached hydrogens (tertiary/aromatic N) is 1. The van der Waals surface area contributed by atoms with Crippen LogP contribution in [0.3, 0.4) is 0 Å². The van der Waals surface area contributed by atoms with Crippen molar-refractivity contribution in [2.45, 2.75) is 84.2 Å². The predicted octanol–water partition coefficient (Wildman–Crippen LogP) is 3.27.